The van der Waals surface area contributed by atoms with E-state index in [9.17, 15) is 0 Å². The first kappa shape index (κ1) is 11.2. The molecule has 1 aliphatic rings. The summed E-state index contributed by atoms with van der Waals surface area (Å²) in [5, 5.41) is 3.66. The van der Waals surface area contributed by atoms with Crippen LogP contribution in [0.2, 0.25) is 0 Å². The van der Waals surface area contributed by atoms with Gasteiger partial charge in [-0.05, 0) is 30.4 Å². The molecule has 1 aliphatic carbocycles. The maximum Gasteiger partial charge on any atom is 0.0220 e. The molecule has 0 saturated heterocycles. The van der Waals surface area contributed by atoms with E-state index in [0.717, 1.165) is 18.5 Å². The molecular weight excluding hydrogens is 250 g/mol. The summed E-state index contributed by atoms with van der Waals surface area (Å²) in [7, 11) is 0. The molecule has 0 spiro atoms. The highest BCUT2D eigenvalue weighted by Crippen LogP contribution is 2.25. The van der Waals surface area contributed by atoms with E-state index < -0.39 is 0 Å². The lowest BCUT2D eigenvalue weighted by Crippen LogP contribution is -2.30. The van der Waals surface area contributed by atoms with Gasteiger partial charge in [-0.1, -0.05) is 47.5 Å². The molecule has 2 rings (SSSR count). The average Bonchev–Trinajstić information content (AvgIpc) is 2.63. The smallest absolute Gasteiger partial charge is 0.0220 e. The Kier molecular flexibility index (Phi) is 3.81. The van der Waals surface area contributed by atoms with Crippen molar-refractivity contribution in [2.75, 3.05) is 0 Å². The van der Waals surface area contributed by atoms with E-state index in [2.05, 4.69) is 52.4 Å². The van der Waals surface area contributed by atoms with Crippen LogP contribution in [0.4, 0.5) is 0 Å². The Morgan fingerprint density at radius 1 is 1.33 bits per heavy atom. The lowest BCUT2D eigenvalue weighted by atomic mass is 10.1. The van der Waals surface area contributed by atoms with E-state index in [1.807, 2.05) is 0 Å². The normalized spacial score (nSPS) is 25.7. The first-order valence-electron chi connectivity index (χ1n) is 5.74. The molecule has 0 bridgehead atoms. The Hall–Kier alpha value is -0.340. The van der Waals surface area contributed by atoms with E-state index in [1.54, 1.807) is 0 Å². The van der Waals surface area contributed by atoms with Gasteiger partial charge in [-0.15, -0.1) is 0 Å². The van der Waals surface area contributed by atoms with Crippen molar-refractivity contribution in [2.45, 2.75) is 38.8 Å². The molecule has 0 aliphatic heterocycles. The summed E-state index contributed by atoms with van der Waals surface area (Å²) >= 11 is 3.58. The number of hydrogen-bond acceptors (Lipinski definition) is 1. The van der Waals surface area contributed by atoms with Gasteiger partial charge in [0.25, 0.3) is 0 Å². The van der Waals surface area contributed by atoms with E-state index in [4.69, 9.17) is 0 Å². The van der Waals surface area contributed by atoms with Crippen LogP contribution in [0.5, 0.6) is 0 Å². The molecule has 1 fully saturated rings. The molecule has 1 aromatic carbocycles. The van der Waals surface area contributed by atoms with Crippen LogP contribution in [0.25, 0.3) is 0 Å². The van der Waals surface area contributed by atoms with Crippen molar-refractivity contribution in [1.82, 2.24) is 5.32 Å². The highest BCUT2D eigenvalue weighted by atomic mass is 79.9. The fourth-order valence-electron chi connectivity index (χ4n) is 2.33. The third kappa shape index (κ3) is 2.82. The Balaban J connectivity index is 1.90. The van der Waals surface area contributed by atoms with Crippen molar-refractivity contribution < 1.29 is 0 Å². The topological polar surface area (TPSA) is 12.0 Å². The van der Waals surface area contributed by atoms with Gasteiger partial charge in [0.1, 0.15) is 0 Å². The lowest BCUT2D eigenvalue weighted by Gasteiger charge is -2.17. The molecule has 2 unspecified atom stereocenters. The first-order valence-corrected chi connectivity index (χ1v) is 6.53. The number of halogens is 1. The number of hydrogen-bond donors (Lipinski definition) is 1. The lowest BCUT2D eigenvalue weighted by molar-refractivity contribution is 0.426. The monoisotopic (exact) mass is 267 g/mol. The van der Waals surface area contributed by atoms with Gasteiger partial charge in [0.2, 0.25) is 0 Å². The summed E-state index contributed by atoms with van der Waals surface area (Å²) in [5.41, 5.74) is 1.36. The molecule has 1 nitrogen and oxygen atoms in total. The SMILES string of the molecule is CC1CCCC1NCc1ccccc1Br. The van der Waals surface area contributed by atoms with Crippen LogP contribution in [0.1, 0.15) is 31.7 Å². The summed E-state index contributed by atoms with van der Waals surface area (Å²) in [6, 6.07) is 9.16. The molecule has 1 N–H and O–H groups in total. The minimum absolute atomic E-state index is 0.720. The molecule has 2 atom stereocenters. The second-order valence-corrected chi connectivity index (χ2v) is 5.34. The molecule has 0 aromatic heterocycles. The number of rotatable bonds is 3. The van der Waals surface area contributed by atoms with Crippen LogP contribution >= 0.6 is 15.9 Å². The molecule has 0 amide bonds. The van der Waals surface area contributed by atoms with Crippen LogP contribution < -0.4 is 5.32 Å². The van der Waals surface area contributed by atoms with E-state index in [-0.39, 0.29) is 0 Å². The van der Waals surface area contributed by atoms with Gasteiger partial charge in [0.05, 0.1) is 0 Å². The Bertz CT molecular complexity index is 324. The summed E-state index contributed by atoms with van der Waals surface area (Å²) < 4.78 is 1.21. The van der Waals surface area contributed by atoms with E-state index in [1.165, 1.54) is 29.3 Å². The summed E-state index contributed by atoms with van der Waals surface area (Å²) in [6.07, 6.45) is 4.11. The minimum atomic E-state index is 0.720. The highest BCUT2D eigenvalue weighted by molar-refractivity contribution is 9.10. The standard InChI is InChI=1S/C13H18BrN/c1-10-5-4-8-13(10)15-9-11-6-2-3-7-12(11)14/h2-3,6-7,10,13,15H,4-5,8-9H2,1H3. The molecule has 0 radical (unpaired) electrons. The molecule has 82 valence electrons. The van der Waals surface area contributed by atoms with Gasteiger partial charge >= 0.3 is 0 Å². The second kappa shape index (κ2) is 5.13. The summed E-state index contributed by atoms with van der Waals surface area (Å²) in [5.74, 6) is 0.840. The fraction of sp³-hybridized carbons (Fsp3) is 0.538. The molecule has 15 heavy (non-hydrogen) atoms. The maximum absolute atomic E-state index is 3.66. The number of benzene rings is 1. The molecule has 0 heterocycles. The Labute approximate surface area is 100 Å². The van der Waals surface area contributed by atoms with Crippen LogP contribution in [-0.2, 0) is 6.54 Å². The van der Waals surface area contributed by atoms with Crippen LogP contribution in [0.15, 0.2) is 28.7 Å². The van der Waals surface area contributed by atoms with Crippen LogP contribution in [0.3, 0.4) is 0 Å². The van der Waals surface area contributed by atoms with Crippen molar-refractivity contribution >= 4 is 15.9 Å². The van der Waals surface area contributed by atoms with Crippen LogP contribution in [0, 0.1) is 5.92 Å². The zero-order valence-electron chi connectivity index (χ0n) is 9.17. The molecule has 2 heteroatoms. The molecule has 1 aromatic rings. The van der Waals surface area contributed by atoms with Crippen molar-refractivity contribution in [3.63, 3.8) is 0 Å². The van der Waals surface area contributed by atoms with Crippen LogP contribution in [-0.4, -0.2) is 6.04 Å². The third-order valence-corrected chi connectivity index (χ3v) is 4.15. The largest absolute Gasteiger partial charge is 0.310 e. The summed E-state index contributed by atoms with van der Waals surface area (Å²) in [4.78, 5) is 0. The minimum Gasteiger partial charge on any atom is -0.310 e. The van der Waals surface area contributed by atoms with Crippen molar-refractivity contribution in [3.8, 4) is 0 Å². The Morgan fingerprint density at radius 2 is 2.13 bits per heavy atom. The fourth-order valence-corrected chi connectivity index (χ4v) is 2.76. The summed E-state index contributed by atoms with van der Waals surface area (Å²) in [6.45, 7) is 3.33. The van der Waals surface area contributed by atoms with Crippen molar-refractivity contribution in [2.24, 2.45) is 5.92 Å². The van der Waals surface area contributed by atoms with Gasteiger partial charge in [0, 0.05) is 17.1 Å². The predicted molar refractivity (Wildman–Crippen MR) is 67.8 cm³/mol. The van der Waals surface area contributed by atoms with Gasteiger partial charge in [-0.25, -0.2) is 0 Å². The molecular formula is C13H18BrN. The third-order valence-electron chi connectivity index (χ3n) is 3.37. The highest BCUT2D eigenvalue weighted by Gasteiger charge is 2.22. The van der Waals surface area contributed by atoms with Crippen molar-refractivity contribution in [1.29, 1.82) is 0 Å². The van der Waals surface area contributed by atoms with Gasteiger partial charge in [0.15, 0.2) is 0 Å². The van der Waals surface area contributed by atoms with E-state index >= 15 is 0 Å². The quantitative estimate of drug-likeness (QED) is 0.880. The van der Waals surface area contributed by atoms with E-state index in [0.29, 0.717) is 0 Å². The number of nitrogens with one attached hydrogen (secondary N) is 1. The van der Waals surface area contributed by atoms with Gasteiger partial charge in [-0.2, -0.15) is 0 Å². The van der Waals surface area contributed by atoms with Gasteiger partial charge in [-0.3, -0.25) is 0 Å². The maximum atomic E-state index is 3.66. The second-order valence-electron chi connectivity index (χ2n) is 4.49. The Morgan fingerprint density at radius 3 is 2.80 bits per heavy atom. The first-order chi connectivity index (χ1) is 7.27. The predicted octanol–water partition coefficient (Wildman–Crippen LogP) is 3.73. The average molecular weight is 268 g/mol. The zero-order chi connectivity index (χ0) is 10.7. The molecule has 1 saturated carbocycles. The zero-order valence-corrected chi connectivity index (χ0v) is 10.8. The van der Waals surface area contributed by atoms with Gasteiger partial charge < -0.3 is 5.32 Å². The van der Waals surface area contributed by atoms with Crippen molar-refractivity contribution in [3.05, 3.63) is 34.3 Å².